The van der Waals surface area contributed by atoms with Crippen LogP contribution in [0.15, 0.2) is 24.3 Å². The van der Waals surface area contributed by atoms with Crippen LogP contribution in [0.5, 0.6) is 0 Å². The summed E-state index contributed by atoms with van der Waals surface area (Å²) in [5.74, 6) is 0.115. The van der Waals surface area contributed by atoms with Gasteiger partial charge in [-0.1, -0.05) is 0 Å². The number of quaternary nitrogens is 1. The van der Waals surface area contributed by atoms with E-state index in [9.17, 15) is 9.59 Å². The van der Waals surface area contributed by atoms with Crippen molar-refractivity contribution < 1.29 is 14.5 Å². The lowest BCUT2D eigenvalue weighted by Crippen LogP contribution is -3.15. The van der Waals surface area contributed by atoms with Crippen LogP contribution in [-0.2, 0) is 11.8 Å². The van der Waals surface area contributed by atoms with Gasteiger partial charge in [-0.2, -0.15) is 5.10 Å². The van der Waals surface area contributed by atoms with Crippen LogP contribution in [0, 0.1) is 13.8 Å². The van der Waals surface area contributed by atoms with Crippen LogP contribution in [0.4, 0.5) is 11.4 Å². The highest BCUT2D eigenvalue weighted by atomic mass is 16.2. The van der Waals surface area contributed by atoms with Crippen molar-refractivity contribution in [2.45, 2.75) is 20.8 Å². The van der Waals surface area contributed by atoms with Crippen LogP contribution in [0.2, 0.25) is 0 Å². The molecule has 144 valence electrons. The third-order valence-corrected chi connectivity index (χ3v) is 5.29. The summed E-state index contributed by atoms with van der Waals surface area (Å²) in [5.41, 5.74) is 4.50. The maximum absolute atomic E-state index is 12.4. The van der Waals surface area contributed by atoms with Crippen molar-refractivity contribution in [2.24, 2.45) is 7.05 Å². The van der Waals surface area contributed by atoms with E-state index in [1.54, 1.807) is 11.6 Å². The molecule has 1 aliphatic heterocycles. The molecule has 7 heteroatoms. The van der Waals surface area contributed by atoms with Crippen LogP contribution < -0.4 is 15.1 Å². The Bertz CT molecular complexity index is 833. The summed E-state index contributed by atoms with van der Waals surface area (Å²) < 4.78 is 1.79. The second kappa shape index (κ2) is 7.92. The van der Waals surface area contributed by atoms with Gasteiger partial charge in [0.25, 0.3) is 5.91 Å². The lowest BCUT2D eigenvalue weighted by molar-refractivity contribution is -0.892. The topological polar surface area (TPSA) is 71.7 Å². The molecule has 2 N–H and O–H groups in total. The maximum atomic E-state index is 12.4. The Morgan fingerprint density at radius 3 is 2.30 bits per heavy atom. The van der Waals surface area contributed by atoms with Crippen molar-refractivity contribution >= 4 is 23.1 Å². The number of hydrogen-bond donors (Lipinski definition) is 2. The number of Topliss-reactive ketones (excluding diaryl/α,β-unsaturated/α-hetero) is 1. The second-order valence-corrected chi connectivity index (χ2v) is 7.23. The third-order valence-electron chi connectivity index (χ3n) is 5.29. The lowest BCUT2D eigenvalue weighted by Gasteiger charge is -2.33. The summed E-state index contributed by atoms with van der Waals surface area (Å²) in [4.78, 5) is 27.4. The van der Waals surface area contributed by atoms with Crippen molar-refractivity contribution in [1.29, 1.82) is 0 Å². The molecule has 0 spiro atoms. The Hall–Kier alpha value is -2.67. The zero-order valence-corrected chi connectivity index (χ0v) is 16.5. The highest BCUT2D eigenvalue weighted by Gasteiger charge is 2.23. The van der Waals surface area contributed by atoms with Gasteiger partial charge in [-0.25, -0.2) is 0 Å². The Balaban J connectivity index is 1.51. The largest absolute Gasteiger partial charge is 0.360 e. The molecule has 1 saturated heterocycles. The zero-order valence-electron chi connectivity index (χ0n) is 16.5. The number of benzene rings is 1. The molecule has 1 aromatic heterocycles. The number of ketones is 1. The van der Waals surface area contributed by atoms with Crippen molar-refractivity contribution in [3.63, 3.8) is 0 Å². The number of piperazine rings is 1. The van der Waals surface area contributed by atoms with E-state index in [0.29, 0.717) is 6.54 Å². The van der Waals surface area contributed by atoms with Crippen LogP contribution >= 0.6 is 0 Å². The Labute approximate surface area is 159 Å². The molecule has 7 nitrogen and oxygen atoms in total. The summed E-state index contributed by atoms with van der Waals surface area (Å²) in [7, 11) is 1.88. The molecule has 2 heterocycles. The number of aryl methyl sites for hydroxylation is 2. The first kappa shape index (κ1) is 19.1. The quantitative estimate of drug-likeness (QED) is 0.756. The van der Waals surface area contributed by atoms with Gasteiger partial charge in [0, 0.05) is 18.3 Å². The summed E-state index contributed by atoms with van der Waals surface area (Å²) in [6.45, 7) is 9.52. The minimum absolute atomic E-state index is 0.0310. The Morgan fingerprint density at radius 2 is 1.78 bits per heavy atom. The number of amides is 1. The van der Waals surface area contributed by atoms with E-state index in [4.69, 9.17) is 0 Å². The first-order chi connectivity index (χ1) is 12.8. The summed E-state index contributed by atoms with van der Waals surface area (Å²) >= 11 is 0. The van der Waals surface area contributed by atoms with E-state index in [0.717, 1.165) is 54.5 Å². The highest BCUT2D eigenvalue weighted by Crippen LogP contribution is 2.18. The van der Waals surface area contributed by atoms with Crippen molar-refractivity contribution in [1.82, 2.24) is 9.78 Å². The van der Waals surface area contributed by atoms with Crippen molar-refractivity contribution in [3.8, 4) is 0 Å². The molecule has 0 saturated carbocycles. The van der Waals surface area contributed by atoms with Gasteiger partial charge in [0.05, 0.1) is 43.3 Å². The average molecular weight is 370 g/mol. The number of carbonyl (C=O) groups is 2. The predicted octanol–water partition coefficient (Wildman–Crippen LogP) is 0.583. The number of anilines is 2. The monoisotopic (exact) mass is 370 g/mol. The first-order valence-corrected chi connectivity index (χ1v) is 9.34. The van der Waals surface area contributed by atoms with E-state index in [2.05, 4.69) is 15.3 Å². The Kier molecular flexibility index (Phi) is 5.60. The van der Waals surface area contributed by atoms with E-state index < -0.39 is 0 Å². The van der Waals surface area contributed by atoms with Crippen molar-refractivity contribution in [2.75, 3.05) is 42.9 Å². The van der Waals surface area contributed by atoms with Crippen LogP contribution in [0.3, 0.4) is 0 Å². The minimum Gasteiger partial charge on any atom is -0.360 e. The first-order valence-electron chi connectivity index (χ1n) is 9.34. The second-order valence-electron chi connectivity index (χ2n) is 7.23. The normalized spacial score (nSPS) is 15.0. The molecule has 0 bridgehead atoms. The molecule has 2 aromatic rings. The molecular formula is C20H28N5O2+. The maximum Gasteiger partial charge on any atom is 0.279 e. The molecule has 1 amide bonds. The molecule has 1 fully saturated rings. The number of aromatic nitrogens is 2. The third kappa shape index (κ3) is 4.36. The van der Waals surface area contributed by atoms with Gasteiger partial charge in [0.1, 0.15) is 0 Å². The summed E-state index contributed by atoms with van der Waals surface area (Å²) in [6, 6.07) is 7.76. The lowest BCUT2D eigenvalue weighted by atomic mass is 10.1. The fraction of sp³-hybridized carbons (Fsp3) is 0.450. The van der Waals surface area contributed by atoms with E-state index in [1.807, 2.05) is 45.2 Å². The molecular weight excluding hydrogens is 342 g/mol. The van der Waals surface area contributed by atoms with Gasteiger partial charge in [0.2, 0.25) is 0 Å². The molecule has 1 aliphatic rings. The van der Waals surface area contributed by atoms with Gasteiger partial charge in [-0.3, -0.25) is 14.3 Å². The van der Waals surface area contributed by atoms with Gasteiger partial charge in [-0.15, -0.1) is 0 Å². The number of carbonyl (C=O) groups excluding carboxylic acids is 2. The number of nitrogens with zero attached hydrogens (tertiary/aromatic N) is 3. The van der Waals surface area contributed by atoms with E-state index in [-0.39, 0.29) is 11.7 Å². The minimum atomic E-state index is 0.0310. The van der Waals surface area contributed by atoms with Gasteiger partial charge in [0.15, 0.2) is 12.3 Å². The predicted molar refractivity (Wildman–Crippen MR) is 106 cm³/mol. The molecule has 3 rings (SSSR count). The summed E-state index contributed by atoms with van der Waals surface area (Å²) in [6.07, 6.45) is 0. The van der Waals surface area contributed by atoms with Gasteiger partial charge < -0.3 is 15.1 Å². The molecule has 1 aromatic carbocycles. The SMILES string of the molecule is CC(=O)c1ccc(N2CC[NH+](CC(=O)Nc3c(C)nn(C)c3C)CC2)cc1. The summed E-state index contributed by atoms with van der Waals surface area (Å²) in [5, 5.41) is 7.36. The fourth-order valence-electron chi connectivity index (χ4n) is 3.53. The molecule has 0 radical (unpaired) electrons. The van der Waals surface area contributed by atoms with Crippen molar-refractivity contribution in [3.05, 3.63) is 41.2 Å². The van der Waals surface area contributed by atoms with Gasteiger partial charge >= 0.3 is 0 Å². The van der Waals surface area contributed by atoms with Crippen LogP contribution in [0.25, 0.3) is 0 Å². The average Bonchev–Trinajstić information content (AvgIpc) is 2.88. The van der Waals surface area contributed by atoms with Gasteiger partial charge in [-0.05, 0) is 45.0 Å². The molecule has 0 unspecified atom stereocenters. The van der Waals surface area contributed by atoms with E-state index >= 15 is 0 Å². The number of rotatable bonds is 5. The van der Waals surface area contributed by atoms with E-state index in [1.165, 1.54) is 4.90 Å². The Morgan fingerprint density at radius 1 is 1.15 bits per heavy atom. The smallest absolute Gasteiger partial charge is 0.279 e. The zero-order chi connectivity index (χ0) is 19.6. The molecule has 0 aliphatic carbocycles. The highest BCUT2D eigenvalue weighted by molar-refractivity contribution is 5.94. The van der Waals surface area contributed by atoms with Crippen LogP contribution in [-0.4, -0.2) is 54.2 Å². The number of hydrogen-bond acceptors (Lipinski definition) is 4. The molecule has 0 atom stereocenters. The fourth-order valence-corrected chi connectivity index (χ4v) is 3.53. The number of nitrogens with one attached hydrogen (secondary N) is 2. The standard InChI is InChI=1S/C20H27N5O2/c1-14-20(15(2)23(4)22-14)21-19(27)13-24-9-11-25(12-10-24)18-7-5-17(6-8-18)16(3)26/h5-8H,9-13H2,1-4H3,(H,21,27)/p+1. The van der Waals surface area contributed by atoms with Crippen LogP contribution in [0.1, 0.15) is 28.7 Å². The molecule has 27 heavy (non-hydrogen) atoms.